The van der Waals surface area contributed by atoms with E-state index in [1.54, 1.807) is 0 Å². The summed E-state index contributed by atoms with van der Waals surface area (Å²) in [5, 5.41) is 20.8. The van der Waals surface area contributed by atoms with Crippen molar-refractivity contribution < 1.29 is 10.2 Å². The Morgan fingerprint density at radius 3 is 1.15 bits per heavy atom. The monoisotopic (exact) mass is 619 g/mol. The maximum Gasteiger partial charge on any atom is 0.131 e. The molecule has 1 aromatic heterocycles. The second-order valence-electron chi connectivity index (χ2n) is 10.2. The largest absolute Gasteiger partial charge is 0.400 e. The van der Waals surface area contributed by atoms with Crippen molar-refractivity contribution in [3.8, 4) is 0 Å². The van der Waals surface area contributed by atoms with Crippen LogP contribution in [0.2, 0.25) is 0 Å². The van der Waals surface area contributed by atoms with Gasteiger partial charge in [-0.05, 0) is 71.8 Å². The molecule has 2 aliphatic heterocycles. The van der Waals surface area contributed by atoms with Crippen molar-refractivity contribution in [1.82, 2.24) is 4.98 Å². The van der Waals surface area contributed by atoms with E-state index < -0.39 is 0 Å². The molecule has 3 heterocycles. The number of nitrogens with zero attached hydrogens (tertiary/aromatic N) is 2. The van der Waals surface area contributed by atoms with Gasteiger partial charge in [-0.2, -0.15) is 0 Å². The Bertz CT molecular complexity index is 1800. The number of H-pyrrole nitrogens is 1. The van der Waals surface area contributed by atoms with E-state index in [0.717, 1.165) is 82.3 Å². The highest BCUT2D eigenvalue weighted by Crippen LogP contribution is 2.34. The molecule has 0 saturated heterocycles. The van der Waals surface area contributed by atoms with Crippen LogP contribution in [0.1, 0.15) is 22.5 Å². The highest BCUT2D eigenvalue weighted by atomic mass is 16.2. The smallest absolute Gasteiger partial charge is 0.131 e. The van der Waals surface area contributed by atoms with Gasteiger partial charge >= 0.3 is 0 Å². The molecule has 0 bridgehead atoms. The van der Waals surface area contributed by atoms with Crippen LogP contribution in [0.4, 0.5) is 11.4 Å². The second-order valence-corrected chi connectivity index (χ2v) is 10.2. The number of allylic oxidation sites excluding steroid dienone is 2. The zero-order valence-corrected chi connectivity index (χ0v) is 26.3. The lowest BCUT2D eigenvalue weighted by molar-refractivity contribution is 0.399. The number of anilines is 2. The van der Waals surface area contributed by atoms with Crippen LogP contribution in [0, 0.1) is 0 Å². The van der Waals surface area contributed by atoms with Crippen LogP contribution in [0.5, 0.6) is 0 Å². The molecule has 5 N–H and O–H groups in total. The maximum absolute atomic E-state index is 7.00. The molecule has 2 aliphatic rings. The number of aliphatic hydroxyl groups excluding tert-OH is 2. The minimum absolute atomic E-state index is 0.803. The van der Waals surface area contributed by atoms with Crippen LogP contribution in [-0.2, 0) is 0 Å². The van der Waals surface area contributed by atoms with E-state index in [1.165, 1.54) is 0 Å². The van der Waals surface area contributed by atoms with E-state index in [9.17, 15) is 0 Å². The number of aromatic amines is 1. The summed E-state index contributed by atoms with van der Waals surface area (Å²) in [6, 6.07) is 45.2. The van der Waals surface area contributed by atoms with E-state index in [0.29, 0.717) is 0 Å². The van der Waals surface area contributed by atoms with Crippen molar-refractivity contribution in [3.05, 3.63) is 192 Å². The Morgan fingerprint density at radius 2 is 0.787 bits per heavy atom. The summed E-state index contributed by atoms with van der Waals surface area (Å²) in [7, 11) is 2.00. The fourth-order valence-corrected chi connectivity index (χ4v) is 5.26. The molecule has 0 radical (unpaired) electrons. The number of hydrogen-bond acceptors (Lipinski definition) is 6. The van der Waals surface area contributed by atoms with Gasteiger partial charge in [0.15, 0.2) is 0 Å². The molecular formula is C40H37N5O2. The molecule has 0 unspecified atom stereocenters. The predicted molar refractivity (Wildman–Crippen MR) is 195 cm³/mol. The van der Waals surface area contributed by atoms with Gasteiger partial charge in [-0.15, -0.1) is 0 Å². The Hall–Kier alpha value is -6.02. The van der Waals surface area contributed by atoms with E-state index >= 15 is 0 Å². The summed E-state index contributed by atoms with van der Waals surface area (Å²) in [5.41, 5.74) is 9.97. The van der Waals surface area contributed by atoms with Gasteiger partial charge in [-0.3, -0.25) is 0 Å². The topological polar surface area (TPSA) is 105 Å². The Kier molecular flexibility index (Phi) is 11.3. The molecule has 0 amide bonds. The van der Waals surface area contributed by atoms with Gasteiger partial charge in [0.2, 0.25) is 0 Å². The fourth-order valence-electron chi connectivity index (χ4n) is 5.26. The molecule has 7 nitrogen and oxygen atoms in total. The Morgan fingerprint density at radius 1 is 0.447 bits per heavy atom. The quantitative estimate of drug-likeness (QED) is 0.133. The molecule has 5 aromatic rings. The molecule has 0 aliphatic carbocycles. The normalized spacial score (nSPS) is 15.0. The van der Waals surface area contributed by atoms with Crippen molar-refractivity contribution >= 4 is 34.2 Å². The summed E-state index contributed by atoms with van der Waals surface area (Å²) >= 11 is 0. The lowest BCUT2D eigenvalue weighted by Crippen LogP contribution is -2.06. The minimum atomic E-state index is 0.803. The second kappa shape index (κ2) is 16.3. The van der Waals surface area contributed by atoms with Crippen molar-refractivity contribution in [2.45, 2.75) is 0 Å². The zero-order chi connectivity index (χ0) is 32.8. The predicted octanol–water partition coefficient (Wildman–Crippen LogP) is 7.91. The number of aliphatic imine (C=N–C) groups is 2. The molecule has 234 valence electrons. The first-order valence-electron chi connectivity index (χ1n) is 15.2. The maximum atomic E-state index is 7.00. The number of hydrogen-bond donors (Lipinski definition) is 5. The zero-order valence-electron chi connectivity index (χ0n) is 26.3. The number of nitrogens with one attached hydrogen (secondary N) is 3. The summed E-state index contributed by atoms with van der Waals surface area (Å²) < 4.78 is 0. The third kappa shape index (κ3) is 7.99. The van der Waals surface area contributed by atoms with E-state index in [2.05, 4.69) is 88.4 Å². The summed E-state index contributed by atoms with van der Waals surface area (Å²) in [5.74, 6) is 1.61. The molecular weight excluding hydrogens is 582 g/mol. The molecule has 47 heavy (non-hydrogen) atoms. The van der Waals surface area contributed by atoms with Crippen molar-refractivity contribution in [2.75, 3.05) is 24.9 Å². The van der Waals surface area contributed by atoms with E-state index in [1.807, 2.05) is 84.9 Å². The van der Waals surface area contributed by atoms with Gasteiger partial charge in [-0.1, -0.05) is 97.1 Å². The van der Waals surface area contributed by atoms with Gasteiger partial charge in [0.05, 0.1) is 11.4 Å². The van der Waals surface area contributed by atoms with Gasteiger partial charge in [-0.25, -0.2) is 9.98 Å². The number of aromatic nitrogens is 1. The number of para-hydroxylation sites is 2. The molecule has 0 fully saturated rings. The standard InChI is InChI=1S/C38H29N5.2CH4O/c1-5-13-27(14-6-1)37(33-23-25-35(42-33)39-29-17-9-3-10-18-29)31-21-22-32(41-31)38(28-15-7-2-8-16-28)34-24-26-36(43-34)40-30-19-11-4-12-20-30;2*1-2/h1-26,41H,(H,39,42)(H,40,43);2*2H,1H3/b37-33-,38-34-;;. The molecule has 4 aromatic carbocycles. The number of benzene rings is 4. The molecule has 7 heteroatoms. The van der Waals surface area contributed by atoms with Crippen molar-refractivity contribution in [2.24, 2.45) is 9.98 Å². The van der Waals surface area contributed by atoms with Crippen LogP contribution in [-0.4, -0.2) is 41.1 Å². The number of rotatable bonds is 6. The highest BCUT2D eigenvalue weighted by Gasteiger charge is 2.20. The third-order valence-corrected chi connectivity index (χ3v) is 7.23. The first-order valence-corrected chi connectivity index (χ1v) is 15.2. The summed E-state index contributed by atoms with van der Waals surface area (Å²) in [6.07, 6.45) is 8.17. The van der Waals surface area contributed by atoms with Crippen LogP contribution >= 0.6 is 0 Å². The van der Waals surface area contributed by atoms with Gasteiger partial charge in [0.25, 0.3) is 0 Å². The minimum Gasteiger partial charge on any atom is -0.400 e. The van der Waals surface area contributed by atoms with Crippen molar-refractivity contribution in [3.63, 3.8) is 0 Å². The number of amidine groups is 2. The molecule has 7 rings (SSSR count). The average molecular weight is 620 g/mol. The number of aliphatic hydroxyl groups is 2. The summed E-state index contributed by atoms with van der Waals surface area (Å²) in [6.45, 7) is 0. The molecule has 0 saturated carbocycles. The van der Waals surface area contributed by atoms with Crippen LogP contribution in [0.25, 0.3) is 11.1 Å². The lowest BCUT2D eigenvalue weighted by atomic mass is 10.0. The highest BCUT2D eigenvalue weighted by molar-refractivity contribution is 6.09. The van der Waals surface area contributed by atoms with Crippen LogP contribution in [0.15, 0.2) is 179 Å². The fraction of sp³-hybridized carbons (Fsp3) is 0.0500. The van der Waals surface area contributed by atoms with Crippen molar-refractivity contribution in [1.29, 1.82) is 0 Å². The third-order valence-electron chi connectivity index (χ3n) is 7.23. The van der Waals surface area contributed by atoms with Gasteiger partial charge < -0.3 is 25.8 Å². The van der Waals surface area contributed by atoms with E-state index in [-0.39, 0.29) is 0 Å². The molecule has 0 spiro atoms. The first-order chi connectivity index (χ1) is 23.3. The van der Waals surface area contributed by atoms with Gasteiger partial charge in [0, 0.05) is 48.1 Å². The Balaban J connectivity index is 0.00000105. The Labute approximate surface area is 275 Å². The molecule has 0 atom stereocenters. The SMILES string of the molecule is C1=C/C(=C(\c2ccccc2)c2ccc(/C(=C3/C=CC(Nc4ccccc4)=N3)c3ccccc3)[nH]2)N=C1Nc1ccccc1.CO.CO. The van der Waals surface area contributed by atoms with Gasteiger partial charge in [0.1, 0.15) is 11.7 Å². The van der Waals surface area contributed by atoms with Crippen LogP contribution in [0.3, 0.4) is 0 Å². The lowest BCUT2D eigenvalue weighted by Gasteiger charge is -2.11. The van der Waals surface area contributed by atoms with E-state index in [4.69, 9.17) is 20.2 Å². The average Bonchev–Trinajstić information content (AvgIpc) is 3.92. The van der Waals surface area contributed by atoms with Crippen LogP contribution < -0.4 is 10.6 Å². The first kappa shape index (κ1) is 32.4. The summed E-state index contributed by atoms with van der Waals surface area (Å²) in [4.78, 5) is 13.7.